The molecule has 1 heterocycles. The molecule has 2 rings (SSSR count). The third-order valence-electron chi connectivity index (χ3n) is 3.18. The summed E-state index contributed by atoms with van der Waals surface area (Å²) in [6.07, 6.45) is 0. The molecule has 0 aliphatic rings. The maximum atomic E-state index is 13.5. The van der Waals surface area contributed by atoms with Crippen LogP contribution in [0.4, 0.5) is 15.8 Å². The Labute approximate surface area is 126 Å². The Balaban J connectivity index is 2.36. The van der Waals surface area contributed by atoms with Gasteiger partial charge in [-0.05, 0) is 39.3 Å². The molecule has 0 aliphatic heterocycles. The minimum absolute atomic E-state index is 0.139. The summed E-state index contributed by atoms with van der Waals surface area (Å²) in [7, 11) is 0. The molecule has 0 aliphatic carbocycles. The Morgan fingerprint density at radius 3 is 2.57 bits per heavy atom. The average molecular weight is 309 g/mol. The number of nitro benzene ring substituents is 1. The molecule has 2 aromatic rings. The molecule has 1 unspecified atom stereocenters. The van der Waals surface area contributed by atoms with Crippen LogP contribution in [0, 0.1) is 36.7 Å². The predicted octanol–water partition coefficient (Wildman–Crippen LogP) is 4.29. The summed E-state index contributed by atoms with van der Waals surface area (Å²) in [6, 6.07) is 2.28. The third kappa shape index (κ3) is 3.18. The summed E-state index contributed by atoms with van der Waals surface area (Å²) in [4.78, 5) is 15.8. The normalized spacial score (nSPS) is 12.2. The van der Waals surface area contributed by atoms with Gasteiger partial charge < -0.3 is 5.32 Å². The van der Waals surface area contributed by atoms with E-state index in [9.17, 15) is 14.5 Å². The molecule has 1 atom stereocenters. The van der Waals surface area contributed by atoms with Crippen molar-refractivity contribution in [2.45, 2.75) is 33.7 Å². The molecule has 0 fully saturated rings. The van der Waals surface area contributed by atoms with E-state index in [-0.39, 0.29) is 11.7 Å². The van der Waals surface area contributed by atoms with Crippen LogP contribution in [0.5, 0.6) is 0 Å². The number of halogens is 1. The summed E-state index contributed by atoms with van der Waals surface area (Å²) in [6.45, 7) is 7.30. The van der Waals surface area contributed by atoms with Crippen molar-refractivity contribution in [2.75, 3.05) is 5.32 Å². The van der Waals surface area contributed by atoms with Gasteiger partial charge in [-0.1, -0.05) is 0 Å². The van der Waals surface area contributed by atoms with Crippen LogP contribution >= 0.6 is 11.3 Å². The van der Waals surface area contributed by atoms with E-state index in [1.807, 2.05) is 20.8 Å². The minimum atomic E-state index is -0.581. The van der Waals surface area contributed by atoms with Gasteiger partial charge in [-0.3, -0.25) is 10.1 Å². The van der Waals surface area contributed by atoms with Crippen molar-refractivity contribution < 1.29 is 9.31 Å². The Hall–Kier alpha value is -2.02. The van der Waals surface area contributed by atoms with Crippen LogP contribution < -0.4 is 5.32 Å². The van der Waals surface area contributed by atoms with Gasteiger partial charge >= 0.3 is 0 Å². The third-order valence-corrected chi connectivity index (χ3v) is 4.43. The average Bonchev–Trinajstić information content (AvgIpc) is 2.72. The molecule has 0 saturated heterocycles. The molecule has 0 spiro atoms. The van der Waals surface area contributed by atoms with Gasteiger partial charge in [0, 0.05) is 4.88 Å². The zero-order valence-electron chi connectivity index (χ0n) is 12.2. The number of nitrogens with one attached hydrogen (secondary N) is 1. The summed E-state index contributed by atoms with van der Waals surface area (Å²) in [5, 5.41) is 15.1. The van der Waals surface area contributed by atoms with Crippen molar-refractivity contribution in [2.24, 2.45) is 0 Å². The summed E-state index contributed by atoms with van der Waals surface area (Å²) >= 11 is 1.55. The maximum Gasteiger partial charge on any atom is 0.295 e. The number of benzene rings is 1. The Kier molecular flexibility index (Phi) is 4.22. The summed E-state index contributed by atoms with van der Waals surface area (Å²) in [5.74, 6) is -0.579. The first-order valence-electron chi connectivity index (χ1n) is 6.44. The van der Waals surface area contributed by atoms with Gasteiger partial charge in [0.05, 0.1) is 27.7 Å². The number of nitrogens with zero attached hydrogens (tertiary/aromatic N) is 2. The first-order chi connectivity index (χ1) is 9.79. The maximum absolute atomic E-state index is 13.5. The Morgan fingerprint density at radius 1 is 1.38 bits per heavy atom. The molecule has 1 aromatic heterocycles. The fourth-order valence-corrected chi connectivity index (χ4v) is 3.12. The number of thiazole rings is 1. The van der Waals surface area contributed by atoms with Gasteiger partial charge in [0.15, 0.2) is 0 Å². The number of hydrogen-bond donors (Lipinski definition) is 1. The molecule has 1 N–H and O–H groups in total. The lowest BCUT2D eigenvalue weighted by atomic mass is 10.1. The van der Waals surface area contributed by atoms with Crippen LogP contribution in [0.15, 0.2) is 12.1 Å². The number of aromatic nitrogens is 1. The van der Waals surface area contributed by atoms with Crippen LogP contribution in [0.2, 0.25) is 0 Å². The van der Waals surface area contributed by atoms with Gasteiger partial charge in [0.2, 0.25) is 0 Å². The van der Waals surface area contributed by atoms with Crippen molar-refractivity contribution in [1.82, 2.24) is 4.98 Å². The quantitative estimate of drug-likeness (QED) is 0.676. The Bertz CT molecular complexity index is 700. The topological polar surface area (TPSA) is 68.1 Å². The lowest BCUT2D eigenvalue weighted by Crippen LogP contribution is -2.09. The van der Waals surface area contributed by atoms with Crippen LogP contribution in [-0.2, 0) is 0 Å². The summed E-state index contributed by atoms with van der Waals surface area (Å²) in [5.41, 5.74) is 1.33. The first kappa shape index (κ1) is 15.4. The monoisotopic (exact) mass is 309 g/mol. The SMILES string of the molecule is Cc1nc(C)c(C(C)Nc2cc(C)c(F)cc2[N+](=O)[O-])s1. The van der Waals surface area contributed by atoms with Gasteiger partial charge in [-0.15, -0.1) is 11.3 Å². The number of aryl methyl sites for hydroxylation is 3. The van der Waals surface area contributed by atoms with Crippen molar-refractivity contribution in [3.63, 3.8) is 0 Å². The second kappa shape index (κ2) is 5.77. The van der Waals surface area contributed by atoms with Gasteiger partial charge in [0.25, 0.3) is 5.69 Å². The fraction of sp³-hybridized carbons (Fsp3) is 0.357. The van der Waals surface area contributed by atoms with Crippen molar-refractivity contribution in [3.8, 4) is 0 Å². The molecule has 0 saturated carbocycles. The number of hydrogen-bond acceptors (Lipinski definition) is 5. The highest BCUT2D eigenvalue weighted by atomic mass is 32.1. The van der Waals surface area contributed by atoms with Gasteiger partial charge in [-0.25, -0.2) is 9.37 Å². The molecule has 21 heavy (non-hydrogen) atoms. The molecule has 112 valence electrons. The largest absolute Gasteiger partial charge is 0.372 e. The van der Waals surface area contributed by atoms with Crippen LogP contribution in [-0.4, -0.2) is 9.91 Å². The number of rotatable bonds is 4. The standard InChI is InChI=1S/C14H16FN3O2S/c1-7-5-12(13(18(19)20)6-11(7)15)17-9(3)14-8(2)16-10(4)21-14/h5-6,9,17H,1-4H3. The van der Waals surface area contributed by atoms with Gasteiger partial charge in [0.1, 0.15) is 11.5 Å². The van der Waals surface area contributed by atoms with Crippen LogP contribution in [0.25, 0.3) is 0 Å². The second-order valence-electron chi connectivity index (χ2n) is 4.92. The van der Waals surface area contributed by atoms with E-state index in [1.165, 1.54) is 6.07 Å². The highest BCUT2D eigenvalue weighted by Gasteiger charge is 2.20. The van der Waals surface area contributed by atoms with Crippen molar-refractivity contribution in [1.29, 1.82) is 0 Å². The highest BCUT2D eigenvalue weighted by molar-refractivity contribution is 7.11. The molecule has 5 nitrogen and oxygen atoms in total. The van der Waals surface area contributed by atoms with E-state index in [0.29, 0.717) is 11.3 Å². The predicted molar refractivity (Wildman–Crippen MR) is 81.4 cm³/mol. The second-order valence-corrected chi connectivity index (χ2v) is 6.16. The molecule has 0 amide bonds. The smallest absolute Gasteiger partial charge is 0.295 e. The van der Waals surface area contributed by atoms with Crippen LogP contribution in [0.1, 0.15) is 34.1 Å². The molecule has 0 bridgehead atoms. The van der Waals surface area contributed by atoms with Crippen LogP contribution in [0.3, 0.4) is 0 Å². The van der Waals surface area contributed by atoms with Gasteiger partial charge in [-0.2, -0.15) is 0 Å². The molecule has 7 heteroatoms. The Morgan fingerprint density at radius 2 is 2.05 bits per heavy atom. The lowest BCUT2D eigenvalue weighted by Gasteiger charge is -2.15. The molecular weight excluding hydrogens is 293 g/mol. The first-order valence-corrected chi connectivity index (χ1v) is 7.26. The highest BCUT2D eigenvalue weighted by Crippen LogP contribution is 2.33. The molecule has 1 aromatic carbocycles. The van der Waals surface area contributed by atoms with E-state index < -0.39 is 10.7 Å². The molecular formula is C14H16FN3O2S. The van der Waals surface area contributed by atoms with E-state index in [4.69, 9.17) is 0 Å². The van der Waals surface area contributed by atoms with E-state index in [2.05, 4.69) is 10.3 Å². The van der Waals surface area contributed by atoms with E-state index >= 15 is 0 Å². The van der Waals surface area contributed by atoms with E-state index in [1.54, 1.807) is 18.3 Å². The zero-order chi connectivity index (χ0) is 15.7. The number of anilines is 1. The lowest BCUT2D eigenvalue weighted by molar-refractivity contribution is -0.384. The van der Waals surface area contributed by atoms with E-state index in [0.717, 1.165) is 21.6 Å². The number of nitro groups is 1. The minimum Gasteiger partial charge on any atom is -0.372 e. The molecule has 0 radical (unpaired) electrons. The van der Waals surface area contributed by atoms with Crippen molar-refractivity contribution in [3.05, 3.63) is 49.2 Å². The zero-order valence-corrected chi connectivity index (χ0v) is 13.0. The fourth-order valence-electron chi connectivity index (χ4n) is 2.19. The van der Waals surface area contributed by atoms with Crippen molar-refractivity contribution >= 4 is 22.7 Å². The summed E-state index contributed by atoms with van der Waals surface area (Å²) < 4.78 is 13.5.